The largest absolute Gasteiger partial charge is 0.487 e. The number of nitrogens with one attached hydrogen (secondary N) is 1. The maximum atomic E-state index is 5.91. The van der Waals surface area contributed by atoms with Crippen molar-refractivity contribution in [2.24, 2.45) is 5.92 Å². The van der Waals surface area contributed by atoms with Gasteiger partial charge in [0.25, 0.3) is 0 Å². The summed E-state index contributed by atoms with van der Waals surface area (Å²) < 4.78 is 11.8. The highest BCUT2D eigenvalue weighted by Gasteiger charge is 2.23. The van der Waals surface area contributed by atoms with E-state index < -0.39 is 0 Å². The second-order valence-electron chi connectivity index (χ2n) is 5.80. The van der Waals surface area contributed by atoms with Gasteiger partial charge in [-0.2, -0.15) is 0 Å². The topological polar surface area (TPSA) is 30.5 Å². The second-order valence-corrected chi connectivity index (χ2v) is 5.80. The summed E-state index contributed by atoms with van der Waals surface area (Å²) in [7, 11) is 0. The van der Waals surface area contributed by atoms with E-state index in [-0.39, 0.29) is 6.10 Å². The Labute approximate surface area is 115 Å². The lowest BCUT2D eigenvalue weighted by Crippen LogP contribution is -2.33. The Hall–Kier alpha value is -1.06. The highest BCUT2D eigenvalue weighted by atomic mass is 16.5. The fourth-order valence-electron chi connectivity index (χ4n) is 2.97. The molecule has 1 aromatic rings. The standard InChI is InChI=1S/C16H23NO2/c1-12-4-5-16-14(7-12)8-15(19-16)11-18-10-13-3-2-6-17-9-13/h4-5,7,13,15,17H,2-3,6,8-11H2,1H3. The first-order valence-electron chi connectivity index (χ1n) is 7.36. The molecular weight excluding hydrogens is 238 g/mol. The smallest absolute Gasteiger partial charge is 0.126 e. The fourth-order valence-corrected chi connectivity index (χ4v) is 2.97. The molecule has 1 saturated heterocycles. The van der Waals surface area contributed by atoms with Gasteiger partial charge in [-0.3, -0.25) is 0 Å². The Bertz CT molecular complexity index is 427. The normalized spacial score (nSPS) is 25.9. The van der Waals surface area contributed by atoms with E-state index in [9.17, 15) is 0 Å². The van der Waals surface area contributed by atoms with Crippen LogP contribution in [0.5, 0.6) is 5.75 Å². The minimum absolute atomic E-state index is 0.202. The molecule has 1 N–H and O–H groups in total. The molecule has 0 radical (unpaired) electrons. The summed E-state index contributed by atoms with van der Waals surface area (Å²) in [4.78, 5) is 0. The monoisotopic (exact) mass is 261 g/mol. The van der Waals surface area contributed by atoms with Crippen LogP contribution in [0.2, 0.25) is 0 Å². The predicted octanol–water partition coefficient (Wildman–Crippen LogP) is 2.31. The first kappa shape index (κ1) is 12.9. The number of hydrogen-bond donors (Lipinski definition) is 1. The maximum absolute atomic E-state index is 5.91. The fraction of sp³-hybridized carbons (Fsp3) is 0.625. The third-order valence-electron chi connectivity index (χ3n) is 4.01. The summed E-state index contributed by atoms with van der Waals surface area (Å²) in [5.41, 5.74) is 2.63. The van der Waals surface area contributed by atoms with Crippen molar-refractivity contribution in [3.05, 3.63) is 29.3 Å². The van der Waals surface area contributed by atoms with E-state index in [4.69, 9.17) is 9.47 Å². The summed E-state index contributed by atoms with van der Waals surface area (Å²) in [5.74, 6) is 1.72. The Morgan fingerprint density at radius 2 is 2.32 bits per heavy atom. The van der Waals surface area contributed by atoms with E-state index in [0.717, 1.165) is 31.9 Å². The molecule has 1 fully saturated rings. The van der Waals surface area contributed by atoms with Crippen molar-refractivity contribution in [2.45, 2.75) is 32.3 Å². The van der Waals surface area contributed by atoms with Gasteiger partial charge >= 0.3 is 0 Å². The van der Waals surface area contributed by atoms with Crippen molar-refractivity contribution in [1.29, 1.82) is 0 Å². The molecule has 0 aliphatic carbocycles. The average Bonchev–Trinajstić information content (AvgIpc) is 2.82. The number of ether oxygens (including phenoxy) is 2. The summed E-state index contributed by atoms with van der Waals surface area (Å²) in [6.45, 7) is 5.97. The van der Waals surface area contributed by atoms with Gasteiger partial charge in [0.1, 0.15) is 11.9 Å². The molecule has 3 nitrogen and oxygen atoms in total. The van der Waals surface area contributed by atoms with Crippen molar-refractivity contribution < 1.29 is 9.47 Å². The van der Waals surface area contributed by atoms with Gasteiger partial charge in [0.15, 0.2) is 0 Å². The summed E-state index contributed by atoms with van der Waals surface area (Å²) in [6.07, 6.45) is 3.75. The Morgan fingerprint density at radius 1 is 1.37 bits per heavy atom. The molecule has 2 atom stereocenters. The zero-order chi connectivity index (χ0) is 13.1. The van der Waals surface area contributed by atoms with Crippen LogP contribution in [0, 0.1) is 12.8 Å². The number of aryl methyl sites for hydroxylation is 1. The van der Waals surface area contributed by atoms with Crippen LogP contribution in [0.3, 0.4) is 0 Å². The van der Waals surface area contributed by atoms with E-state index in [0.29, 0.717) is 12.5 Å². The van der Waals surface area contributed by atoms with Gasteiger partial charge in [0.05, 0.1) is 13.2 Å². The third-order valence-corrected chi connectivity index (χ3v) is 4.01. The SMILES string of the molecule is Cc1ccc2c(c1)CC(COCC1CCCNC1)O2. The third kappa shape index (κ3) is 3.28. The molecule has 2 heterocycles. The van der Waals surface area contributed by atoms with Gasteiger partial charge in [-0.25, -0.2) is 0 Å². The van der Waals surface area contributed by atoms with Gasteiger partial charge in [0, 0.05) is 13.0 Å². The highest BCUT2D eigenvalue weighted by Crippen LogP contribution is 2.29. The van der Waals surface area contributed by atoms with E-state index in [2.05, 4.69) is 30.4 Å². The zero-order valence-corrected chi connectivity index (χ0v) is 11.7. The van der Waals surface area contributed by atoms with Crippen molar-refractivity contribution in [3.8, 4) is 5.75 Å². The van der Waals surface area contributed by atoms with Gasteiger partial charge in [-0.15, -0.1) is 0 Å². The molecule has 104 valence electrons. The maximum Gasteiger partial charge on any atom is 0.126 e. The number of rotatable bonds is 4. The molecule has 2 aliphatic heterocycles. The number of fused-ring (bicyclic) bond motifs is 1. The molecular formula is C16H23NO2. The molecule has 3 rings (SSSR count). The molecule has 2 aliphatic rings. The van der Waals surface area contributed by atoms with Crippen molar-refractivity contribution in [3.63, 3.8) is 0 Å². The van der Waals surface area contributed by atoms with Crippen molar-refractivity contribution in [1.82, 2.24) is 5.32 Å². The lowest BCUT2D eigenvalue weighted by Gasteiger charge is -2.23. The minimum atomic E-state index is 0.202. The Kier molecular flexibility index (Phi) is 4.04. The van der Waals surface area contributed by atoms with Crippen LogP contribution >= 0.6 is 0 Å². The first-order chi connectivity index (χ1) is 9.31. The van der Waals surface area contributed by atoms with Crippen LogP contribution < -0.4 is 10.1 Å². The van der Waals surface area contributed by atoms with Gasteiger partial charge in [-0.1, -0.05) is 17.7 Å². The van der Waals surface area contributed by atoms with E-state index in [1.807, 2.05) is 0 Å². The number of piperidine rings is 1. The predicted molar refractivity (Wildman–Crippen MR) is 75.7 cm³/mol. The molecule has 0 aromatic heterocycles. The molecule has 3 heteroatoms. The second kappa shape index (κ2) is 5.93. The quantitative estimate of drug-likeness (QED) is 0.902. The molecule has 0 amide bonds. The van der Waals surface area contributed by atoms with Crippen LogP contribution in [-0.2, 0) is 11.2 Å². The number of hydrogen-bond acceptors (Lipinski definition) is 3. The van der Waals surface area contributed by atoms with Crippen LogP contribution in [0.1, 0.15) is 24.0 Å². The lowest BCUT2D eigenvalue weighted by molar-refractivity contribution is 0.0365. The van der Waals surface area contributed by atoms with Crippen LogP contribution in [0.25, 0.3) is 0 Å². The molecule has 2 unspecified atom stereocenters. The summed E-state index contributed by atoms with van der Waals surface area (Å²) >= 11 is 0. The van der Waals surface area contributed by atoms with Gasteiger partial charge in [0.2, 0.25) is 0 Å². The van der Waals surface area contributed by atoms with Crippen LogP contribution in [0.15, 0.2) is 18.2 Å². The highest BCUT2D eigenvalue weighted by molar-refractivity contribution is 5.40. The van der Waals surface area contributed by atoms with Crippen LogP contribution in [-0.4, -0.2) is 32.4 Å². The van der Waals surface area contributed by atoms with Gasteiger partial charge < -0.3 is 14.8 Å². The summed E-state index contributed by atoms with van der Waals surface area (Å²) in [6, 6.07) is 6.41. The lowest BCUT2D eigenvalue weighted by atomic mass is 10.0. The Morgan fingerprint density at radius 3 is 3.16 bits per heavy atom. The molecule has 0 bridgehead atoms. The molecule has 0 saturated carbocycles. The van der Waals surface area contributed by atoms with Crippen molar-refractivity contribution >= 4 is 0 Å². The molecule has 0 spiro atoms. The van der Waals surface area contributed by atoms with Crippen LogP contribution in [0.4, 0.5) is 0 Å². The number of benzene rings is 1. The molecule has 19 heavy (non-hydrogen) atoms. The average molecular weight is 261 g/mol. The first-order valence-corrected chi connectivity index (χ1v) is 7.36. The van der Waals surface area contributed by atoms with Crippen molar-refractivity contribution in [2.75, 3.05) is 26.3 Å². The Balaban J connectivity index is 1.43. The summed E-state index contributed by atoms with van der Waals surface area (Å²) in [5, 5.41) is 3.42. The van der Waals surface area contributed by atoms with Gasteiger partial charge in [-0.05, 0) is 43.9 Å². The van der Waals surface area contributed by atoms with E-state index in [1.54, 1.807) is 0 Å². The zero-order valence-electron chi connectivity index (χ0n) is 11.7. The van der Waals surface area contributed by atoms with E-state index in [1.165, 1.54) is 24.0 Å². The molecule has 1 aromatic carbocycles. The van der Waals surface area contributed by atoms with E-state index >= 15 is 0 Å². The minimum Gasteiger partial charge on any atom is -0.487 e.